The van der Waals surface area contributed by atoms with E-state index in [-0.39, 0.29) is 12.4 Å². The molecule has 0 fully saturated rings. The number of benzene rings is 2. The molecule has 2 aromatic carbocycles. The molecule has 1 nitrogen and oxygen atoms in total. The SMILES string of the molecule is Cc1ccc(CCO)cc1Cc1ccc(-c2ccc(F)cc2)s1. The van der Waals surface area contributed by atoms with Crippen molar-refractivity contribution in [3.63, 3.8) is 0 Å². The van der Waals surface area contributed by atoms with E-state index in [1.54, 1.807) is 11.3 Å². The lowest BCUT2D eigenvalue weighted by atomic mass is 10.0. The molecule has 1 heterocycles. The quantitative estimate of drug-likeness (QED) is 0.700. The summed E-state index contributed by atoms with van der Waals surface area (Å²) < 4.78 is 13.0. The number of halogens is 1. The summed E-state index contributed by atoms with van der Waals surface area (Å²) in [6.45, 7) is 2.29. The van der Waals surface area contributed by atoms with Gasteiger partial charge in [-0.15, -0.1) is 11.3 Å². The second-order valence-electron chi connectivity index (χ2n) is 5.68. The van der Waals surface area contributed by atoms with Crippen molar-refractivity contribution in [1.82, 2.24) is 0 Å². The summed E-state index contributed by atoms with van der Waals surface area (Å²) in [5.41, 5.74) is 4.78. The van der Waals surface area contributed by atoms with Crippen LogP contribution in [0.1, 0.15) is 21.6 Å². The van der Waals surface area contributed by atoms with Crippen molar-refractivity contribution in [3.8, 4) is 10.4 Å². The fraction of sp³-hybridized carbons (Fsp3) is 0.200. The third-order valence-corrected chi connectivity index (χ3v) is 5.10. The topological polar surface area (TPSA) is 20.2 Å². The third kappa shape index (κ3) is 3.87. The van der Waals surface area contributed by atoms with Crippen molar-refractivity contribution in [3.05, 3.63) is 82.0 Å². The van der Waals surface area contributed by atoms with Crippen LogP contribution in [0.25, 0.3) is 10.4 Å². The minimum atomic E-state index is -0.207. The molecular formula is C20H19FOS. The van der Waals surface area contributed by atoms with E-state index in [9.17, 15) is 4.39 Å². The number of aryl methyl sites for hydroxylation is 1. The molecule has 0 bridgehead atoms. The van der Waals surface area contributed by atoms with E-state index in [1.807, 2.05) is 12.1 Å². The summed E-state index contributed by atoms with van der Waals surface area (Å²) in [7, 11) is 0. The summed E-state index contributed by atoms with van der Waals surface area (Å²) in [5, 5.41) is 9.09. The van der Waals surface area contributed by atoms with Gasteiger partial charge in [-0.25, -0.2) is 4.39 Å². The normalized spacial score (nSPS) is 10.9. The highest BCUT2D eigenvalue weighted by Crippen LogP contribution is 2.30. The molecule has 1 aromatic heterocycles. The van der Waals surface area contributed by atoms with E-state index in [0.29, 0.717) is 6.42 Å². The zero-order valence-electron chi connectivity index (χ0n) is 13.1. The van der Waals surface area contributed by atoms with Crippen molar-refractivity contribution in [2.75, 3.05) is 6.61 Å². The maximum absolute atomic E-state index is 13.0. The standard InChI is InChI=1S/C20H19FOS/c1-14-2-3-15(10-11-22)12-17(14)13-19-8-9-20(23-19)16-4-6-18(21)7-5-16/h2-9,12,22H,10-11,13H2,1H3. The second-order valence-corrected chi connectivity index (χ2v) is 6.85. The number of aliphatic hydroxyl groups excluding tert-OH is 1. The summed E-state index contributed by atoms with van der Waals surface area (Å²) in [6, 6.07) is 17.2. The first-order valence-corrected chi connectivity index (χ1v) is 8.51. The van der Waals surface area contributed by atoms with Gasteiger partial charge in [-0.3, -0.25) is 0 Å². The molecule has 0 aliphatic carbocycles. The molecule has 0 saturated heterocycles. The molecule has 0 aliphatic heterocycles. The summed E-state index contributed by atoms with van der Waals surface area (Å²) in [6.07, 6.45) is 1.58. The Morgan fingerprint density at radius 1 is 1.00 bits per heavy atom. The van der Waals surface area contributed by atoms with E-state index in [2.05, 4.69) is 37.3 Å². The van der Waals surface area contributed by atoms with Gasteiger partial charge in [0, 0.05) is 22.8 Å². The van der Waals surface area contributed by atoms with Gasteiger partial charge in [0.15, 0.2) is 0 Å². The molecule has 118 valence electrons. The first-order valence-electron chi connectivity index (χ1n) is 7.69. The van der Waals surface area contributed by atoms with Crippen LogP contribution in [0.5, 0.6) is 0 Å². The molecule has 0 saturated carbocycles. The molecule has 0 aliphatic rings. The largest absolute Gasteiger partial charge is 0.396 e. The lowest BCUT2D eigenvalue weighted by Crippen LogP contribution is -1.95. The summed E-state index contributed by atoms with van der Waals surface area (Å²) in [5.74, 6) is -0.207. The molecule has 0 atom stereocenters. The van der Waals surface area contributed by atoms with Crippen molar-refractivity contribution in [1.29, 1.82) is 0 Å². The van der Waals surface area contributed by atoms with Gasteiger partial charge >= 0.3 is 0 Å². The van der Waals surface area contributed by atoms with Gasteiger partial charge in [0.1, 0.15) is 5.82 Å². The Morgan fingerprint density at radius 2 is 1.78 bits per heavy atom. The maximum atomic E-state index is 13.0. The zero-order chi connectivity index (χ0) is 16.2. The third-order valence-electron chi connectivity index (χ3n) is 3.97. The molecular weight excluding hydrogens is 307 g/mol. The van der Waals surface area contributed by atoms with E-state index in [1.165, 1.54) is 33.7 Å². The van der Waals surface area contributed by atoms with E-state index >= 15 is 0 Å². The predicted molar refractivity (Wildman–Crippen MR) is 94.5 cm³/mol. The van der Waals surface area contributed by atoms with Crippen molar-refractivity contribution in [2.24, 2.45) is 0 Å². The van der Waals surface area contributed by atoms with E-state index < -0.39 is 0 Å². The van der Waals surface area contributed by atoms with Crippen LogP contribution in [0.2, 0.25) is 0 Å². The van der Waals surface area contributed by atoms with Crippen LogP contribution in [0, 0.1) is 12.7 Å². The van der Waals surface area contributed by atoms with Crippen molar-refractivity contribution >= 4 is 11.3 Å². The highest BCUT2D eigenvalue weighted by atomic mass is 32.1. The molecule has 1 N–H and O–H groups in total. The average molecular weight is 326 g/mol. The van der Waals surface area contributed by atoms with Crippen LogP contribution < -0.4 is 0 Å². The predicted octanol–water partition coefficient (Wildman–Crippen LogP) is 4.99. The lowest BCUT2D eigenvalue weighted by molar-refractivity contribution is 0.299. The van der Waals surface area contributed by atoms with Crippen molar-refractivity contribution in [2.45, 2.75) is 19.8 Å². The average Bonchev–Trinajstić information content (AvgIpc) is 3.00. The Bertz CT molecular complexity index is 790. The van der Waals surface area contributed by atoms with Crippen LogP contribution in [-0.4, -0.2) is 11.7 Å². The Hall–Kier alpha value is -1.97. The number of rotatable bonds is 5. The fourth-order valence-electron chi connectivity index (χ4n) is 2.63. The molecule has 3 heteroatoms. The highest BCUT2D eigenvalue weighted by Gasteiger charge is 2.07. The van der Waals surface area contributed by atoms with Gasteiger partial charge in [-0.05, 0) is 59.9 Å². The van der Waals surface area contributed by atoms with E-state index in [0.717, 1.165) is 16.9 Å². The number of thiophene rings is 1. The van der Waals surface area contributed by atoms with Gasteiger partial charge in [0.25, 0.3) is 0 Å². The molecule has 0 radical (unpaired) electrons. The van der Waals surface area contributed by atoms with E-state index in [4.69, 9.17) is 5.11 Å². The van der Waals surface area contributed by atoms with Crippen LogP contribution in [-0.2, 0) is 12.8 Å². The highest BCUT2D eigenvalue weighted by molar-refractivity contribution is 7.15. The van der Waals surface area contributed by atoms with Crippen LogP contribution in [0.15, 0.2) is 54.6 Å². The monoisotopic (exact) mass is 326 g/mol. The molecule has 3 aromatic rings. The van der Waals surface area contributed by atoms with Crippen LogP contribution >= 0.6 is 11.3 Å². The molecule has 23 heavy (non-hydrogen) atoms. The van der Waals surface area contributed by atoms with Crippen LogP contribution in [0.3, 0.4) is 0 Å². The maximum Gasteiger partial charge on any atom is 0.123 e. The Labute approximate surface area is 140 Å². The number of hydrogen-bond acceptors (Lipinski definition) is 2. The summed E-state index contributed by atoms with van der Waals surface area (Å²) in [4.78, 5) is 2.44. The van der Waals surface area contributed by atoms with Crippen molar-refractivity contribution < 1.29 is 9.50 Å². The minimum Gasteiger partial charge on any atom is -0.396 e. The van der Waals surface area contributed by atoms with Gasteiger partial charge in [0.05, 0.1) is 0 Å². The van der Waals surface area contributed by atoms with Gasteiger partial charge in [0.2, 0.25) is 0 Å². The summed E-state index contributed by atoms with van der Waals surface area (Å²) >= 11 is 1.74. The molecule has 3 rings (SSSR count). The first-order chi connectivity index (χ1) is 11.2. The van der Waals surface area contributed by atoms with Gasteiger partial charge in [-0.2, -0.15) is 0 Å². The van der Waals surface area contributed by atoms with Gasteiger partial charge < -0.3 is 5.11 Å². The first kappa shape index (κ1) is 15.9. The number of aliphatic hydroxyl groups is 1. The second kappa shape index (κ2) is 7.07. The Balaban J connectivity index is 1.81. The molecule has 0 unspecified atom stereocenters. The Kier molecular flexibility index (Phi) is 4.89. The fourth-order valence-corrected chi connectivity index (χ4v) is 3.67. The number of hydrogen-bond donors (Lipinski definition) is 1. The van der Waals surface area contributed by atoms with Crippen LogP contribution in [0.4, 0.5) is 4.39 Å². The molecule has 0 spiro atoms. The smallest absolute Gasteiger partial charge is 0.123 e. The lowest BCUT2D eigenvalue weighted by Gasteiger charge is -2.07. The van der Waals surface area contributed by atoms with Gasteiger partial charge in [-0.1, -0.05) is 30.3 Å². The Morgan fingerprint density at radius 3 is 2.52 bits per heavy atom. The molecule has 0 amide bonds. The zero-order valence-corrected chi connectivity index (χ0v) is 13.9. The minimum absolute atomic E-state index is 0.177.